The summed E-state index contributed by atoms with van der Waals surface area (Å²) in [5.41, 5.74) is 6.90. The van der Waals surface area contributed by atoms with Crippen LogP contribution in [0.15, 0.2) is 30.3 Å². The smallest absolute Gasteiger partial charge is 0.141 e. The number of halogens is 1. The van der Waals surface area contributed by atoms with Crippen LogP contribution in [0.4, 0.5) is 4.39 Å². The number of H-pyrrole nitrogens is 1. The second-order valence-electron chi connectivity index (χ2n) is 3.36. The maximum atomic E-state index is 13.5. The van der Waals surface area contributed by atoms with Crippen LogP contribution < -0.4 is 5.73 Å². The number of nitrogens with two attached hydrogens (primary N) is 1. The number of aromatic nitrogens is 1. The molecule has 14 heavy (non-hydrogen) atoms. The van der Waals surface area contributed by atoms with Crippen molar-refractivity contribution in [3.8, 4) is 0 Å². The van der Waals surface area contributed by atoms with Gasteiger partial charge < -0.3 is 10.7 Å². The van der Waals surface area contributed by atoms with Gasteiger partial charge in [0.15, 0.2) is 0 Å². The number of fused-ring (bicyclic) bond motifs is 1. The predicted octanol–water partition coefficient (Wildman–Crippen LogP) is 2.53. The summed E-state index contributed by atoms with van der Waals surface area (Å²) in [5, 5.41) is 1.04. The van der Waals surface area contributed by atoms with E-state index in [4.69, 9.17) is 5.73 Å². The summed E-state index contributed by atoms with van der Waals surface area (Å²) in [5.74, 6) is 0. The SMILES string of the molecule is NCCC(F)c1cc2ccccc2[nH]1. The van der Waals surface area contributed by atoms with Gasteiger partial charge in [0.25, 0.3) is 0 Å². The second kappa shape index (κ2) is 3.80. The summed E-state index contributed by atoms with van der Waals surface area (Å²) in [6.45, 7) is 0.372. The fourth-order valence-electron chi connectivity index (χ4n) is 1.57. The minimum absolute atomic E-state index is 0.368. The van der Waals surface area contributed by atoms with Gasteiger partial charge in [-0.15, -0.1) is 0 Å². The van der Waals surface area contributed by atoms with E-state index in [1.807, 2.05) is 30.3 Å². The number of nitrogens with one attached hydrogen (secondary N) is 1. The Morgan fingerprint density at radius 3 is 2.86 bits per heavy atom. The number of benzene rings is 1. The first-order chi connectivity index (χ1) is 6.81. The van der Waals surface area contributed by atoms with Gasteiger partial charge in [-0.3, -0.25) is 0 Å². The average Bonchev–Trinajstić information content (AvgIpc) is 2.61. The average molecular weight is 192 g/mol. The van der Waals surface area contributed by atoms with Gasteiger partial charge in [-0.25, -0.2) is 4.39 Å². The molecule has 2 aromatic rings. The number of hydrogen-bond donors (Lipinski definition) is 2. The monoisotopic (exact) mass is 192 g/mol. The Kier molecular flexibility index (Phi) is 2.50. The lowest BCUT2D eigenvalue weighted by molar-refractivity contribution is 0.322. The molecule has 0 saturated heterocycles. The normalized spacial score (nSPS) is 13.3. The van der Waals surface area contributed by atoms with Gasteiger partial charge in [0.05, 0.1) is 5.69 Å². The molecule has 0 aliphatic carbocycles. The third-order valence-electron chi connectivity index (χ3n) is 2.31. The number of para-hydroxylation sites is 1. The van der Waals surface area contributed by atoms with Crippen molar-refractivity contribution >= 4 is 10.9 Å². The van der Waals surface area contributed by atoms with Gasteiger partial charge in [-0.1, -0.05) is 18.2 Å². The Hall–Kier alpha value is -1.35. The molecule has 0 saturated carbocycles. The van der Waals surface area contributed by atoms with Gasteiger partial charge >= 0.3 is 0 Å². The van der Waals surface area contributed by atoms with E-state index in [1.54, 1.807) is 0 Å². The van der Waals surface area contributed by atoms with E-state index >= 15 is 0 Å². The molecule has 3 N–H and O–H groups in total. The molecule has 1 heterocycles. The maximum absolute atomic E-state index is 13.5. The van der Waals surface area contributed by atoms with Crippen LogP contribution in [0.5, 0.6) is 0 Å². The van der Waals surface area contributed by atoms with Gasteiger partial charge in [-0.2, -0.15) is 0 Å². The Balaban J connectivity index is 2.35. The van der Waals surface area contributed by atoms with E-state index < -0.39 is 6.17 Å². The molecule has 1 atom stereocenters. The molecule has 2 rings (SSSR count). The number of aromatic amines is 1. The van der Waals surface area contributed by atoms with Crippen LogP contribution in [0.25, 0.3) is 10.9 Å². The highest BCUT2D eigenvalue weighted by Gasteiger charge is 2.10. The fraction of sp³-hybridized carbons (Fsp3) is 0.273. The zero-order chi connectivity index (χ0) is 9.97. The summed E-state index contributed by atoms with van der Waals surface area (Å²) in [6, 6.07) is 9.61. The van der Waals surface area contributed by atoms with Crippen molar-refractivity contribution in [2.75, 3.05) is 6.54 Å². The first kappa shape index (κ1) is 9.21. The lowest BCUT2D eigenvalue weighted by Gasteiger charge is -2.02. The minimum Gasteiger partial charge on any atom is -0.356 e. The highest BCUT2D eigenvalue weighted by molar-refractivity contribution is 5.80. The molecule has 1 aromatic heterocycles. The van der Waals surface area contributed by atoms with Crippen molar-refractivity contribution in [1.29, 1.82) is 0 Å². The zero-order valence-corrected chi connectivity index (χ0v) is 7.83. The van der Waals surface area contributed by atoms with Crippen molar-refractivity contribution in [2.45, 2.75) is 12.6 Å². The molecule has 3 heteroatoms. The second-order valence-corrected chi connectivity index (χ2v) is 3.36. The first-order valence-corrected chi connectivity index (χ1v) is 4.73. The Morgan fingerprint density at radius 1 is 1.36 bits per heavy atom. The van der Waals surface area contributed by atoms with E-state index in [9.17, 15) is 4.39 Å². The molecule has 0 radical (unpaired) electrons. The molecule has 0 aliphatic heterocycles. The van der Waals surface area contributed by atoms with Crippen LogP contribution in [0.1, 0.15) is 18.3 Å². The van der Waals surface area contributed by atoms with Crippen molar-refractivity contribution in [2.24, 2.45) is 5.73 Å². The summed E-state index contributed by atoms with van der Waals surface area (Å²) in [7, 11) is 0. The topological polar surface area (TPSA) is 41.8 Å². The molecule has 0 spiro atoms. The Morgan fingerprint density at radius 2 is 2.14 bits per heavy atom. The Labute approximate surface area is 81.9 Å². The maximum Gasteiger partial charge on any atom is 0.141 e. The molecular weight excluding hydrogens is 179 g/mol. The number of hydrogen-bond acceptors (Lipinski definition) is 1. The first-order valence-electron chi connectivity index (χ1n) is 4.73. The van der Waals surface area contributed by atoms with Gasteiger partial charge in [-0.05, 0) is 30.5 Å². The van der Waals surface area contributed by atoms with Crippen LogP contribution in [-0.2, 0) is 0 Å². The van der Waals surface area contributed by atoms with Crippen LogP contribution >= 0.6 is 0 Å². The number of alkyl halides is 1. The third-order valence-corrected chi connectivity index (χ3v) is 2.31. The summed E-state index contributed by atoms with van der Waals surface area (Å²) >= 11 is 0. The molecule has 1 unspecified atom stereocenters. The largest absolute Gasteiger partial charge is 0.356 e. The molecule has 0 aliphatic rings. The lowest BCUT2D eigenvalue weighted by Crippen LogP contribution is -2.03. The van der Waals surface area contributed by atoms with Crippen LogP contribution in [0.3, 0.4) is 0 Å². The van der Waals surface area contributed by atoms with Crippen LogP contribution in [0, 0.1) is 0 Å². The molecule has 2 nitrogen and oxygen atoms in total. The summed E-state index contributed by atoms with van der Waals surface area (Å²) in [6.07, 6.45) is -0.611. The highest BCUT2D eigenvalue weighted by atomic mass is 19.1. The van der Waals surface area contributed by atoms with E-state index in [-0.39, 0.29) is 0 Å². The van der Waals surface area contributed by atoms with E-state index in [0.717, 1.165) is 10.9 Å². The van der Waals surface area contributed by atoms with Crippen molar-refractivity contribution in [3.05, 3.63) is 36.0 Å². The van der Waals surface area contributed by atoms with Crippen molar-refractivity contribution < 1.29 is 4.39 Å². The van der Waals surface area contributed by atoms with Crippen molar-refractivity contribution in [3.63, 3.8) is 0 Å². The van der Waals surface area contributed by atoms with E-state index in [0.29, 0.717) is 18.7 Å². The number of rotatable bonds is 3. The van der Waals surface area contributed by atoms with E-state index in [2.05, 4.69) is 4.98 Å². The molecule has 74 valence electrons. The standard InChI is InChI=1S/C11H13FN2/c12-9(5-6-13)11-7-8-3-1-2-4-10(8)14-11/h1-4,7,9,14H,5-6,13H2. The highest BCUT2D eigenvalue weighted by Crippen LogP contribution is 2.24. The summed E-state index contributed by atoms with van der Waals surface area (Å²) < 4.78 is 13.5. The zero-order valence-electron chi connectivity index (χ0n) is 7.83. The minimum atomic E-state index is -0.979. The van der Waals surface area contributed by atoms with Gasteiger partial charge in [0.2, 0.25) is 0 Å². The fourth-order valence-corrected chi connectivity index (χ4v) is 1.57. The molecule has 0 amide bonds. The summed E-state index contributed by atoms with van der Waals surface area (Å²) in [4.78, 5) is 3.05. The molecule has 0 bridgehead atoms. The van der Waals surface area contributed by atoms with Crippen LogP contribution in [-0.4, -0.2) is 11.5 Å². The molecule has 0 fully saturated rings. The molecular formula is C11H13FN2. The molecule has 1 aromatic carbocycles. The van der Waals surface area contributed by atoms with E-state index in [1.165, 1.54) is 0 Å². The van der Waals surface area contributed by atoms with Crippen LogP contribution in [0.2, 0.25) is 0 Å². The van der Waals surface area contributed by atoms with Crippen molar-refractivity contribution in [1.82, 2.24) is 4.98 Å². The lowest BCUT2D eigenvalue weighted by atomic mass is 10.2. The quantitative estimate of drug-likeness (QED) is 0.770. The third kappa shape index (κ3) is 1.63. The predicted molar refractivity (Wildman–Crippen MR) is 55.8 cm³/mol. The van der Waals surface area contributed by atoms with Gasteiger partial charge in [0, 0.05) is 5.52 Å². The Bertz CT molecular complexity index is 389. The van der Waals surface area contributed by atoms with Gasteiger partial charge in [0.1, 0.15) is 6.17 Å².